The molecule has 55 atom stereocenters. The van der Waals surface area contributed by atoms with Crippen molar-refractivity contribution in [2.45, 2.75) is 372 Å². The van der Waals surface area contributed by atoms with Crippen LogP contribution >= 0.6 is 0 Å². The first-order chi connectivity index (χ1) is 62.9. The Kier molecular flexibility index (Phi) is 39.1. The van der Waals surface area contributed by atoms with Crippen LogP contribution in [0.2, 0.25) is 0 Å². The molecule has 0 spiro atoms. The van der Waals surface area contributed by atoms with E-state index in [0.717, 1.165) is 27.7 Å². The zero-order valence-corrected chi connectivity index (χ0v) is 71.4. The maximum atomic E-state index is 13.4. The van der Waals surface area contributed by atoms with Gasteiger partial charge in [-0.2, -0.15) is 0 Å². The summed E-state index contributed by atoms with van der Waals surface area (Å²) in [6, 6.07) is -7.82. The molecule has 11 heterocycles. The van der Waals surface area contributed by atoms with Crippen molar-refractivity contribution in [2.75, 3.05) is 66.1 Å². The summed E-state index contributed by atoms with van der Waals surface area (Å²) < 4.78 is 124. The fourth-order valence-electron chi connectivity index (χ4n) is 17.3. The van der Waals surface area contributed by atoms with Gasteiger partial charge in [0, 0.05) is 27.7 Å². The van der Waals surface area contributed by atoms with Gasteiger partial charge in [-0.15, -0.1) is 0 Å². The molecule has 0 saturated carbocycles. The largest absolute Gasteiger partial charge is 0.394 e. The maximum Gasteiger partial charge on any atom is 0.217 e. The van der Waals surface area contributed by atoms with Crippen LogP contribution in [0.15, 0.2) is 0 Å². The third-order valence-corrected chi connectivity index (χ3v) is 24.5. The summed E-state index contributed by atoms with van der Waals surface area (Å²) in [5.41, 5.74) is 0. The van der Waals surface area contributed by atoms with E-state index in [4.69, 9.17) is 99.5 Å². The molecule has 0 unspecified atom stereocenters. The Morgan fingerprint density at radius 3 is 0.805 bits per heavy atom. The number of nitrogens with one attached hydrogen (secondary N) is 4. The van der Waals surface area contributed by atoms with Crippen LogP contribution < -0.4 is 21.3 Å². The second kappa shape index (κ2) is 47.6. The van der Waals surface area contributed by atoms with Crippen LogP contribution in [0.3, 0.4) is 0 Å². The number of rotatable bonds is 34. The fourth-order valence-corrected chi connectivity index (χ4v) is 17.3. The van der Waals surface area contributed by atoms with Gasteiger partial charge in [-0.3, -0.25) is 19.2 Å². The van der Waals surface area contributed by atoms with Gasteiger partial charge in [0.15, 0.2) is 69.2 Å². The highest BCUT2D eigenvalue weighted by molar-refractivity contribution is 5.74. The van der Waals surface area contributed by atoms with Gasteiger partial charge in [0.1, 0.15) is 262 Å². The van der Waals surface area contributed by atoms with Gasteiger partial charge in [-0.25, -0.2) is 0 Å². The van der Waals surface area contributed by atoms with E-state index in [1.165, 1.54) is 6.92 Å². The molecule has 11 saturated heterocycles. The molecular weight excluding hydrogens is 1820 g/mol. The molecule has 0 radical (unpaired) electrons. The smallest absolute Gasteiger partial charge is 0.217 e. The zero-order chi connectivity index (χ0) is 97.8. The van der Waals surface area contributed by atoms with Gasteiger partial charge < -0.3 is 274 Å². The van der Waals surface area contributed by atoms with Crippen LogP contribution in [0, 0.1) is 0 Å². The topological polar surface area (TPSA) is 917 Å². The predicted molar refractivity (Wildman–Crippen MR) is 407 cm³/mol. The van der Waals surface area contributed by atoms with Crippen molar-refractivity contribution in [1.82, 2.24) is 21.3 Å². The third-order valence-electron chi connectivity index (χ3n) is 24.5. The van der Waals surface area contributed by atoms with Gasteiger partial charge in [-0.1, -0.05) is 0 Å². The lowest BCUT2D eigenvalue weighted by molar-refractivity contribution is -0.396. The predicted octanol–water partition coefficient (Wildman–Crippen LogP) is -23.4. The first kappa shape index (κ1) is 109. The average Bonchev–Trinajstić information content (AvgIpc) is 1.06. The van der Waals surface area contributed by atoms with E-state index in [1.807, 2.05) is 0 Å². The first-order valence-corrected chi connectivity index (χ1v) is 42.5. The van der Waals surface area contributed by atoms with Crippen molar-refractivity contribution < 1.29 is 272 Å². The van der Waals surface area contributed by atoms with E-state index >= 15 is 0 Å². The number of aliphatic hydroxyl groups excluding tert-OH is 30. The molecule has 0 aromatic rings. The van der Waals surface area contributed by atoms with E-state index in [1.54, 1.807) is 0 Å². The second-order valence-corrected chi connectivity index (χ2v) is 33.8. The summed E-state index contributed by atoms with van der Waals surface area (Å²) >= 11 is 0. The highest BCUT2D eigenvalue weighted by Gasteiger charge is 2.63. The van der Waals surface area contributed by atoms with Crippen LogP contribution in [0.4, 0.5) is 0 Å². The molecule has 59 nitrogen and oxygen atoms in total. The van der Waals surface area contributed by atoms with Crippen LogP contribution in [-0.2, 0) is 119 Å². The lowest BCUT2D eigenvalue weighted by Crippen LogP contribution is -2.71. The monoisotopic (exact) mass is 1950 g/mol. The molecule has 0 aromatic heterocycles. The normalized spacial score (nSPS) is 50.1. The van der Waals surface area contributed by atoms with Crippen molar-refractivity contribution >= 4 is 23.6 Å². The third kappa shape index (κ3) is 24.1. The minimum Gasteiger partial charge on any atom is -0.394 e. The molecule has 0 bridgehead atoms. The second-order valence-electron chi connectivity index (χ2n) is 33.8. The summed E-state index contributed by atoms with van der Waals surface area (Å²) in [6.45, 7) is -6.14. The van der Waals surface area contributed by atoms with Crippen LogP contribution in [0.1, 0.15) is 34.6 Å². The Morgan fingerprint density at radius 2 is 0.451 bits per heavy atom. The number of carbonyl (C=O) groups is 4. The van der Waals surface area contributed by atoms with Crippen molar-refractivity contribution in [1.29, 1.82) is 0 Å². The van der Waals surface area contributed by atoms with Gasteiger partial charge in [0.2, 0.25) is 23.6 Å². The molecular formula is C74H124N4O55. The molecule has 133 heavy (non-hydrogen) atoms. The minimum atomic E-state index is -2.55. The standard InChI is InChI=1S/C74H124N4O55/c1-16-35(91)45(101)49(105)68(115-16)113-15-30-60(41(97)31(64(112)116-30)75-17(2)87)127-66-33(77-19(4)89)42(98)56(25(10-83)122-66)128-71-52(108)48(104)38(94)29(125-71)14-114-74-63(133-67-34(78-20(5)90)44(100)58(27(12-85)123-67)130-73-55(111)62(40(96)24(9-82)120-73)132-70-51(107)47(103)37(93)22(7-80)118-70)53(109)59(28(13-86)124-74)126-65-32(76-18(3)88)43(99)57(26(11-84)121-65)129-72-54(110)61(39(95)23(8-81)119-72)131-69-50(106)46(102)36(92)21(6-79)117-69/h16,21-74,79-86,91-112H,6-15H2,1-5H3,(H,75,87)(H,76,88)(H,77,89)(H,78,90)/t16-,21+,22+,23+,24+,25+,26+,27+,28+,29+,30+,31+,32+,33+,34+,35+,36-,37-,38+,39-,40-,41+,42+,43+,44+,45+,46-,47-,48-,49-,50+,51+,52-,53-,54+,55+,56+,57+,58+,59+,60+,61-,62-,63-,64+,65-,66-,67-,68+,69-,70-,71-,72-,73-,74-/m0/s1. The Labute approximate surface area is 752 Å². The molecule has 34 N–H and O–H groups in total. The van der Waals surface area contributed by atoms with Gasteiger partial charge in [0.25, 0.3) is 0 Å². The van der Waals surface area contributed by atoms with Crippen molar-refractivity contribution in [3.8, 4) is 0 Å². The lowest BCUT2D eigenvalue weighted by atomic mass is 9.93. The number of hydrogen-bond acceptors (Lipinski definition) is 55. The molecule has 0 aliphatic carbocycles. The van der Waals surface area contributed by atoms with Gasteiger partial charge in [-0.05, 0) is 6.92 Å². The molecule has 11 rings (SSSR count). The summed E-state index contributed by atoms with van der Waals surface area (Å²) in [5, 5.41) is 344. The van der Waals surface area contributed by atoms with Crippen molar-refractivity contribution in [3.05, 3.63) is 0 Å². The number of ether oxygens (including phenoxy) is 21. The molecule has 0 aromatic carbocycles. The van der Waals surface area contributed by atoms with E-state index in [9.17, 15) is 172 Å². The van der Waals surface area contributed by atoms with Crippen molar-refractivity contribution in [2.24, 2.45) is 0 Å². The Morgan fingerprint density at radius 1 is 0.211 bits per heavy atom. The van der Waals surface area contributed by atoms with E-state index in [-0.39, 0.29) is 0 Å². The highest BCUT2D eigenvalue weighted by Crippen LogP contribution is 2.42. The van der Waals surface area contributed by atoms with E-state index in [0.29, 0.717) is 0 Å². The van der Waals surface area contributed by atoms with E-state index in [2.05, 4.69) is 21.3 Å². The quantitative estimate of drug-likeness (QED) is 0.0284. The van der Waals surface area contributed by atoms with Crippen LogP contribution in [-0.4, -0.2) is 580 Å². The molecule has 11 fully saturated rings. The average molecular weight is 1950 g/mol. The zero-order valence-electron chi connectivity index (χ0n) is 71.4. The number of carbonyl (C=O) groups excluding carboxylic acids is 4. The van der Waals surface area contributed by atoms with E-state index < -0.39 is 427 Å². The SMILES string of the molecule is CC(=O)N[C@@H]1[C@@H](O)[C@H](O[C@@H]2O[C@H](CO)[C@@H](O[C@@H]3O[C@H](CO[C@H]4O[C@H](CO)[C@@H](O[C@@H]5O[C@H](CO)[C@@H](O[C@@H]6O[C@H](CO)[C@H](O)[C@H](O[C@@H]7O[C@H](CO)[C@H](O)[C@H](O)[C@H]7O)[C@H]6O)[C@H](O)[C@H]5NC(C)=O)[C@H](O)[C@@H]4O[C@@H]4O[C@H](CO)[C@@H](O[C@@H]5O[C@H](CO)[C@H](O)[C@H](O[C@@H]6O[C@H](CO)[C@H](O)[C@H](O)[C@H]6O)[C@H]5O)[C@H](O)[C@H]4NC(C)=O)[C@@H](O)[C@H](O)[C@@H]3O)[C@H](O)[C@H]2NC(C)=O)[C@@H](CO[C@@H]2O[C@@H](C)[C@@H](O)[C@@H](O)[C@@H]2O)O[C@H]1O. The van der Waals surface area contributed by atoms with Gasteiger partial charge in [0.05, 0.1) is 72.2 Å². The Hall–Kier alpha value is -4.16. The lowest BCUT2D eigenvalue weighted by Gasteiger charge is -2.51. The van der Waals surface area contributed by atoms with Crippen LogP contribution in [0.25, 0.3) is 0 Å². The summed E-state index contributed by atoms with van der Waals surface area (Å²) in [4.78, 5) is 52.1. The van der Waals surface area contributed by atoms with Crippen LogP contribution in [0.5, 0.6) is 0 Å². The van der Waals surface area contributed by atoms with Gasteiger partial charge >= 0.3 is 0 Å². The Bertz CT molecular complexity index is 3630. The highest BCUT2D eigenvalue weighted by atomic mass is 16.8. The molecule has 770 valence electrons. The first-order valence-electron chi connectivity index (χ1n) is 42.5. The minimum absolute atomic E-state index is 0.824. The summed E-state index contributed by atoms with van der Waals surface area (Å²) in [6.07, 6.45) is -106. The molecule has 11 aliphatic rings. The number of hydrogen-bond donors (Lipinski definition) is 34. The molecule has 59 heteroatoms. The molecule has 4 amide bonds. The number of aliphatic hydroxyl groups is 30. The summed E-state index contributed by atoms with van der Waals surface area (Å²) in [7, 11) is 0. The number of amides is 4. The summed E-state index contributed by atoms with van der Waals surface area (Å²) in [5.74, 6) is -3.84. The Balaban J connectivity index is 0.874. The van der Waals surface area contributed by atoms with Crippen molar-refractivity contribution in [3.63, 3.8) is 0 Å². The fraction of sp³-hybridized carbons (Fsp3) is 0.946. The maximum absolute atomic E-state index is 13.4. The molecule has 11 aliphatic heterocycles.